The van der Waals surface area contributed by atoms with Gasteiger partial charge in [0.2, 0.25) is 0 Å². The van der Waals surface area contributed by atoms with Crippen molar-refractivity contribution in [2.75, 3.05) is 26.2 Å². The van der Waals surface area contributed by atoms with Crippen LogP contribution < -0.4 is 0 Å². The Hall–Kier alpha value is -2.07. The van der Waals surface area contributed by atoms with Crippen LogP contribution >= 0.6 is 11.6 Å². The third-order valence-electron chi connectivity index (χ3n) is 5.94. The maximum atomic E-state index is 14.4. The Morgan fingerprint density at radius 1 is 1.07 bits per heavy atom. The second kappa shape index (κ2) is 9.38. The van der Waals surface area contributed by atoms with Gasteiger partial charge in [0.1, 0.15) is 0 Å². The first-order valence-electron chi connectivity index (χ1n) is 10.9. The highest BCUT2D eigenvalue weighted by molar-refractivity contribution is 6.35. The first-order valence-corrected chi connectivity index (χ1v) is 11.3. The van der Waals surface area contributed by atoms with Crippen molar-refractivity contribution < 1.29 is 4.39 Å². The van der Waals surface area contributed by atoms with Gasteiger partial charge in [0, 0.05) is 43.0 Å². The highest BCUT2D eigenvalue weighted by atomic mass is 35.5. The van der Waals surface area contributed by atoms with Crippen LogP contribution in [0.15, 0.2) is 43.1 Å². The number of hydrogen-bond donors (Lipinski definition) is 0. The van der Waals surface area contributed by atoms with Crippen molar-refractivity contribution in [2.24, 2.45) is 0 Å². The molecule has 2 fully saturated rings. The van der Waals surface area contributed by atoms with Crippen LogP contribution in [0.5, 0.6) is 0 Å². The average molecular weight is 430 g/mol. The number of nitrogens with zero attached hydrogens (tertiary/aromatic N) is 3. The maximum absolute atomic E-state index is 14.4. The van der Waals surface area contributed by atoms with Crippen molar-refractivity contribution in [3.05, 3.63) is 59.4 Å². The molecule has 3 nitrogen and oxygen atoms in total. The molecule has 2 aliphatic rings. The molecule has 30 heavy (non-hydrogen) atoms. The number of unbranched alkanes of at least 4 members (excludes halogenated alkanes) is 1. The minimum absolute atomic E-state index is 0.452. The van der Waals surface area contributed by atoms with Gasteiger partial charge >= 0.3 is 0 Å². The largest absolute Gasteiger partial charge is 0.372 e. The van der Waals surface area contributed by atoms with E-state index in [1.807, 2.05) is 25.1 Å². The SMILES string of the molecule is C=C(C)N1CCN(C(=C)c2ccc3c(Cl)cc(C4(F)CC4)nc3c2)CC1.CCCC. The summed E-state index contributed by atoms with van der Waals surface area (Å²) in [5.74, 6) is 0. The van der Waals surface area contributed by atoms with Gasteiger partial charge in [-0.3, -0.25) is 0 Å². The second-order valence-electron chi connectivity index (χ2n) is 8.34. The van der Waals surface area contributed by atoms with Crippen LogP contribution in [0.4, 0.5) is 4.39 Å². The molecule has 5 heteroatoms. The number of halogens is 2. The molecule has 0 amide bonds. The predicted molar refractivity (Wildman–Crippen MR) is 126 cm³/mol. The molecular formula is C25H33ClFN3. The van der Waals surface area contributed by atoms with Gasteiger partial charge in [-0.05, 0) is 37.5 Å². The lowest BCUT2D eigenvalue weighted by atomic mass is 10.1. The zero-order valence-corrected chi connectivity index (χ0v) is 19.2. The average Bonchev–Trinajstić information content (AvgIpc) is 3.51. The molecule has 4 rings (SSSR count). The molecule has 0 atom stereocenters. The van der Waals surface area contributed by atoms with Gasteiger partial charge in [-0.25, -0.2) is 9.37 Å². The first kappa shape index (κ1) is 22.6. The summed E-state index contributed by atoms with van der Waals surface area (Å²) in [6.07, 6.45) is 3.70. The molecule has 0 radical (unpaired) electrons. The zero-order chi connectivity index (χ0) is 21.9. The van der Waals surface area contributed by atoms with E-state index in [0.29, 0.717) is 23.6 Å². The van der Waals surface area contributed by atoms with Crippen LogP contribution in [0.1, 0.15) is 57.7 Å². The minimum Gasteiger partial charge on any atom is -0.372 e. The predicted octanol–water partition coefficient (Wildman–Crippen LogP) is 6.78. The summed E-state index contributed by atoms with van der Waals surface area (Å²) in [4.78, 5) is 9.12. The third-order valence-corrected chi connectivity index (χ3v) is 6.25. The number of allylic oxidation sites excluding steroid dienone is 1. The summed E-state index contributed by atoms with van der Waals surface area (Å²) in [5.41, 5.74) is 2.98. The lowest BCUT2D eigenvalue weighted by Crippen LogP contribution is -2.44. The molecule has 162 valence electrons. The molecular weight excluding hydrogens is 397 g/mol. The molecule has 0 unspecified atom stereocenters. The molecule has 2 aromatic rings. The van der Waals surface area contributed by atoms with E-state index in [9.17, 15) is 4.39 Å². The summed E-state index contributed by atoms with van der Waals surface area (Å²) in [6, 6.07) is 7.62. The van der Waals surface area contributed by atoms with Crippen LogP contribution in [0, 0.1) is 0 Å². The summed E-state index contributed by atoms with van der Waals surface area (Å²) < 4.78 is 14.4. The Morgan fingerprint density at radius 3 is 2.20 bits per heavy atom. The Labute approximate surface area is 185 Å². The molecule has 1 aliphatic carbocycles. The summed E-state index contributed by atoms with van der Waals surface area (Å²) in [5, 5.41) is 1.41. The maximum Gasteiger partial charge on any atom is 0.153 e. The molecule has 1 aromatic heterocycles. The fourth-order valence-corrected chi connectivity index (χ4v) is 3.76. The van der Waals surface area contributed by atoms with Crippen molar-refractivity contribution in [3.8, 4) is 0 Å². The molecule has 1 aliphatic heterocycles. The van der Waals surface area contributed by atoms with Crippen molar-refractivity contribution >= 4 is 28.2 Å². The summed E-state index contributed by atoms with van der Waals surface area (Å²) in [7, 11) is 0. The number of aromatic nitrogens is 1. The second-order valence-corrected chi connectivity index (χ2v) is 8.75. The van der Waals surface area contributed by atoms with Gasteiger partial charge in [-0.2, -0.15) is 0 Å². The Balaban J connectivity index is 0.000000589. The van der Waals surface area contributed by atoms with E-state index in [4.69, 9.17) is 11.6 Å². The van der Waals surface area contributed by atoms with Gasteiger partial charge in [0.05, 0.1) is 16.2 Å². The van der Waals surface area contributed by atoms with Crippen LogP contribution in [0.3, 0.4) is 0 Å². The van der Waals surface area contributed by atoms with Crippen molar-refractivity contribution in [1.82, 2.24) is 14.8 Å². The normalized spacial score (nSPS) is 17.4. The number of rotatable bonds is 5. The van der Waals surface area contributed by atoms with Gasteiger partial charge in [-0.15, -0.1) is 0 Å². The monoisotopic (exact) mass is 429 g/mol. The number of benzene rings is 1. The summed E-state index contributed by atoms with van der Waals surface area (Å²) in [6.45, 7) is 18.4. The first-order chi connectivity index (χ1) is 14.3. The quantitative estimate of drug-likeness (QED) is 0.522. The zero-order valence-electron chi connectivity index (χ0n) is 18.5. The number of pyridine rings is 1. The molecule has 1 aromatic carbocycles. The Kier molecular flexibility index (Phi) is 7.07. The fourth-order valence-electron chi connectivity index (χ4n) is 3.50. The molecule has 2 heterocycles. The van der Waals surface area contributed by atoms with Crippen molar-refractivity contribution in [1.29, 1.82) is 0 Å². The minimum atomic E-state index is -1.29. The van der Waals surface area contributed by atoms with Gasteiger partial charge in [-0.1, -0.05) is 63.6 Å². The molecule has 0 spiro atoms. The van der Waals surface area contributed by atoms with E-state index in [-0.39, 0.29) is 0 Å². The molecule has 1 saturated carbocycles. The molecule has 0 N–H and O–H groups in total. The Bertz CT molecular complexity index is 925. The van der Waals surface area contributed by atoms with Crippen molar-refractivity contribution in [2.45, 2.75) is 52.1 Å². The van der Waals surface area contributed by atoms with E-state index in [1.54, 1.807) is 6.07 Å². The number of fused-ring (bicyclic) bond motifs is 1. The van der Waals surface area contributed by atoms with E-state index >= 15 is 0 Å². The van der Waals surface area contributed by atoms with Gasteiger partial charge in [0.25, 0.3) is 0 Å². The van der Waals surface area contributed by atoms with Crippen molar-refractivity contribution in [3.63, 3.8) is 0 Å². The highest BCUT2D eigenvalue weighted by Crippen LogP contribution is 2.49. The van der Waals surface area contributed by atoms with Gasteiger partial charge in [0.15, 0.2) is 5.67 Å². The lowest BCUT2D eigenvalue weighted by molar-refractivity contribution is 0.215. The van der Waals surface area contributed by atoms with Crippen LogP contribution in [-0.4, -0.2) is 41.0 Å². The topological polar surface area (TPSA) is 19.4 Å². The van der Waals surface area contributed by atoms with E-state index < -0.39 is 5.67 Å². The highest BCUT2D eigenvalue weighted by Gasteiger charge is 2.46. The number of alkyl halides is 1. The van der Waals surface area contributed by atoms with E-state index in [1.165, 1.54) is 12.8 Å². The fraction of sp³-hybridized carbons (Fsp3) is 0.480. The van der Waals surface area contributed by atoms with Crippen LogP contribution in [0.25, 0.3) is 16.6 Å². The van der Waals surface area contributed by atoms with Crippen LogP contribution in [0.2, 0.25) is 5.02 Å². The van der Waals surface area contributed by atoms with E-state index in [0.717, 1.165) is 54.0 Å². The van der Waals surface area contributed by atoms with E-state index in [2.05, 4.69) is 41.8 Å². The van der Waals surface area contributed by atoms with Gasteiger partial charge < -0.3 is 9.80 Å². The molecule has 0 bridgehead atoms. The third kappa shape index (κ3) is 4.97. The molecule has 1 saturated heterocycles. The number of piperazine rings is 1. The summed E-state index contributed by atoms with van der Waals surface area (Å²) >= 11 is 6.37. The van der Waals surface area contributed by atoms with Crippen LogP contribution in [-0.2, 0) is 5.67 Å². The standard InChI is InChI=1S/C21H23ClFN3.C4H10/c1-14(2)25-8-10-26(11-9-25)15(3)16-4-5-17-18(22)13-20(21(23)6-7-21)24-19(17)12-16;1-3-4-2/h4-5,12-13H,1,3,6-11H2,2H3;3-4H2,1-2H3. The lowest BCUT2D eigenvalue weighted by Gasteiger charge is -2.38. The Morgan fingerprint density at radius 2 is 1.67 bits per heavy atom. The smallest absolute Gasteiger partial charge is 0.153 e. The number of hydrogen-bond acceptors (Lipinski definition) is 3.